The molecule has 1 amide bonds. The number of primary sulfonamides is 1. The Labute approximate surface area is 366 Å². The summed E-state index contributed by atoms with van der Waals surface area (Å²) in [5.41, 5.74) is 4.27. The highest BCUT2D eigenvalue weighted by Crippen LogP contribution is 2.26. The lowest BCUT2D eigenvalue weighted by Gasteiger charge is -2.33. The van der Waals surface area contributed by atoms with Crippen molar-refractivity contribution in [2.75, 3.05) is 88.6 Å². The smallest absolute Gasteiger partial charge is 0.317 e. The van der Waals surface area contributed by atoms with Gasteiger partial charge < -0.3 is 15.3 Å². The molecule has 0 spiro atoms. The number of carbonyl (C=O) groups is 3. The molecular formula is C37H45N13O8S4. The van der Waals surface area contributed by atoms with Gasteiger partial charge in [-0.2, -0.15) is 0 Å². The molecule has 6 N–H and O–H groups in total. The molecule has 0 bridgehead atoms. The molecule has 1 fully saturated rings. The zero-order chi connectivity index (χ0) is 44.0. The van der Waals surface area contributed by atoms with E-state index in [9.17, 15) is 32.1 Å². The van der Waals surface area contributed by atoms with E-state index in [2.05, 4.69) is 46.9 Å². The number of benzene rings is 2. The van der Waals surface area contributed by atoms with Crippen LogP contribution in [0.4, 0.5) is 10.8 Å². The highest BCUT2D eigenvalue weighted by atomic mass is 32.2. The number of Topliss-reactive ketones (excluding diaryl/α,β-unsaturated/α-hetero) is 1. The number of hydrogen-bond donors (Lipinski definition) is 5. The van der Waals surface area contributed by atoms with Crippen LogP contribution < -0.4 is 15.2 Å². The molecule has 330 valence electrons. The van der Waals surface area contributed by atoms with Gasteiger partial charge in [0.25, 0.3) is 21.3 Å². The van der Waals surface area contributed by atoms with Crippen LogP contribution in [0.3, 0.4) is 0 Å². The summed E-state index contributed by atoms with van der Waals surface area (Å²) in [6.45, 7) is 7.33. The van der Waals surface area contributed by atoms with Gasteiger partial charge in [-0.3, -0.25) is 38.4 Å². The van der Waals surface area contributed by atoms with Gasteiger partial charge in [-0.05, 0) is 24.2 Å². The number of rotatable bonds is 15. The predicted molar refractivity (Wildman–Crippen MR) is 235 cm³/mol. The number of aromatic nitrogens is 6. The summed E-state index contributed by atoms with van der Waals surface area (Å²) in [4.78, 5) is 56.8. The molecule has 1 atom stereocenters. The van der Waals surface area contributed by atoms with Crippen molar-refractivity contribution in [2.45, 2.75) is 17.7 Å². The van der Waals surface area contributed by atoms with Crippen molar-refractivity contribution in [2.24, 2.45) is 5.14 Å². The van der Waals surface area contributed by atoms with Gasteiger partial charge in [0, 0.05) is 75.6 Å². The normalized spacial score (nSPS) is 16.2. The summed E-state index contributed by atoms with van der Waals surface area (Å²) in [6.07, 6.45) is 3.56. The Morgan fingerprint density at radius 2 is 1.27 bits per heavy atom. The molecule has 21 nitrogen and oxygen atoms in total. The summed E-state index contributed by atoms with van der Waals surface area (Å²) in [5.74, 6) is -1.14. The third-order valence-electron chi connectivity index (χ3n) is 10.1. The van der Waals surface area contributed by atoms with Gasteiger partial charge in [0.05, 0.1) is 43.4 Å². The Morgan fingerprint density at radius 3 is 1.79 bits per heavy atom. The van der Waals surface area contributed by atoms with Gasteiger partial charge in [-0.25, -0.2) is 36.8 Å². The van der Waals surface area contributed by atoms with Crippen LogP contribution in [0.15, 0.2) is 65.3 Å². The number of ketones is 1. The number of hydrogen-bond acceptors (Lipinski definition) is 16. The fourth-order valence-electron chi connectivity index (χ4n) is 6.91. The van der Waals surface area contributed by atoms with E-state index in [1.165, 1.54) is 9.03 Å². The fourth-order valence-corrected chi connectivity index (χ4v) is 9.62. The maximum atomic E-state index is 13.4. The number of fused-ring (bicyclic) bond motifs is 2. The third-order valence-corrected chi connectivity index (χ3v) is 13.7. The number of aliphatic carboxylic acids is 1. The van der Waals surface area contributed by atoms with Crippen molar-refractivity contribution < 1.29 is 36.7 Å². The van der Waals surface area contributed by atoms with Gasteiger partial charge in [0.2, 0.25) is 25.3 Å². The highest BCUT2D eigenvalue weighted by molar-refractivity contribution is 7.91. The van der Waals surface area contributed by atoms with Gasteiger partial charge >= 0.3 is 5.97 Å². The quantitative estimate of drug-likeness (QED) is 0.0914. The average molecular weight is 928 g/mol. The maximum Gasteiger partial charge on any atom is 0.317 e. The molecule has 4 aromatic heterocycles. The Balaban J connectivity index is 0.921. The first-order chi connectivity index (χ1) is 29.7. The molecule has 62 heavy (non-hydrogen) atoms. The van der Waals surface area contributed by atoms with E-state index < -0.39 is 27.3 Å². The Hall–Kier alpha value is -5.09. The zero-order valence-electron chi connectivity index (χ0n) is 33.5. The van der Waals surface area contributed by atoms with Gasteiger partial charge in [-0.1, -0.05) is 66.0 Å². The number of likely N-dealkylation sites (N-methyl/N-ethyl adjacent to an activating group) is 1. The molecule has 1 saturated heterocycles. The van der Waals surface area contributed by atoms with Crippen molar-refractivity contribution in [1.82, 2.24) is 48.8 Å². The first-order valence-corrected chi connectivity index (χ1v) is 23.7. The lowest BCUT2D eigenvalue weighted by Crippen LogP contribution is -2.48. The molecule has 0 aliphatic carbocycles. The summed E-state index contributed by atoms with van der Waals surface area (Å²) < 4.78 is 48.3. The van der Waals surface area contributed by atoms with Crippen LogP contribution in [-0.4, -0.2) is 167 Å². The number of carbonyl (C=O) groups excluding carboxylic acids is 2. The van der Waals surface area contributed by atoms with Crippen molar-refractivity contribution in [3.8, 4) is 22.5 Å². The van der Waals surface area contributed by atoms with Crippen LogP contribution in [0, 0.1) is 0 Å². The predicted octanol–water partition coefficient (Wildman–Crippen LogP) is 1.50. The van der Waals surface area contributed by atoms with E-state index in [4.69, 9.17) is 9.69 Å². The van der Waals surface area contributed by atoms with E-state index >= 15 is 0 Å². The van der Waals surface area contributed by atoms with E-state index in [1.54, 1.807) is 36.7 Å². The molecule has 0 radical (unpaired) electrons. The van der Waals surface area contributed by atoms with Crippen LogP contribution in [-0.2, 0) is 42.1 Å². The second kappa shape index (κ2) is 20.0. The second-order valence-electron chi connectivity index (χ2n) is 14.6. The molecular weight excluding hydrogens is 883 g/mol. The average Bonchev–Trinajstić information content (AvgIpc) is 3.99. The van der Waals surface area contributed by atoms with E-state index in [0.717, 1.165) is 45.9 Å². The molecule has 5 heterocycles. The first kappa shape index (κ1) is 44.9. The molecule has 25 heteroatoms. The number of nitrogens with two attached hydrogens (primary N) is 1. The SMILES string of the molecule is CCN1CCN(CC(=O)Cc2ccc(-c3cn4nc(NS(=O)O)sc4n3)cc2)CCN(CC(=O)O)CCN(CC(=O)Nc2ccc(-c3cn4nc(S(N)(=O)=O)sc4n3)cc2)CC1. The maximum absolute atomic E-state index is 13.4. The minimum atomic E-state index is -3.93. The van der Waals surface area contributed by atoms with Crippen molar-refractivity contribution in [3.63, 3.8) is 0 Å². The summed E-state index contributed by atoms with van der Waals surface area (Å²) in [5, 5.41) is 26.3. The molecule has 1 aliphatic heterocycles. The fraction of sp³-hybridized carbons (Fsp3) is 0.378. The Kier molecular flexibility index (Phi) is 14.5. The van der Waals surface area contributed by atoms with Gasteiger partial charge in [0.15, 0.2) is 5.78 Å². The van der Waals surface area contributed by atoms with Crippen molar-refractivity contribution in [3.05, 3.63) is 66.5 Å². The van der Waals surface area contributed by atoms with Crippen LogP contribution in [0.2, 0.25) is 0 Å². The van der Waals surface area contributed by atoms with Gasteiger partial charge in [0.1, 0.15) is 0 Å². The van der Waals surface area contributed by atoms with Crippen LogP contribution in [0.5, 0.6) is 0 Å². The number of imidazole rings is 2. The number of amides is 1. The second-order valence-corrected chi connectivity index (χ2v) is 18.9. The zero-order valence-corrected chi connectivity index (χ0v) is 36.8. The standard InChI is InChI=1S/C37H45N13O8S4/c1-2-45-11-13-46(20-29(51)19-25-3-5-26(6-4-25)30-21-49-35(40-30)59-34(42-49)44-61(55)56)15-17-48(24-33(53)54)18-16-47(14-12-45)23-32(52)39-28-9-7-27(8-10-28)31-22-50-36(41-31)60-37(43-50)62(38,57)58/h3-10,21-22H,2,11-20,23-24H2,1H3,(H,39,52)(H,42,44)(H,53,54)(H,55,56)(H2,38,57,58). The largest absolute Gasteiger partial charge is 0.480 e. The van der Waals surface area contributed by atoms with E-state index in [1.807, 2.05) is 34.1 Å². The number of anilines is 2. The molecule has 7 rings (SSSR count). The molecule has 2 aromatic carbocycles. The number of carboxylic acid groups (broad SMARTS) is 1. The first-order valence-electron chi connectivity index (χ1n) is 19.4. The number of carboxylic acids is 1. The topological polar surface area (TPSA) is 266 Å². The minimum absolute atomic E-state index is 0.0391. The number of sulfonamides is 1. The Morgan fingerprint density at radius 1 is 0.758 bits per heavy atom. The van der Waals surface area contributed by atoms with E-state index in [0.29, 0.717) is 79.4 Å². The molecule has 0 saturated carbocycles. The van der Waals surface area contributed by atoms with Crippen LogP contribution in [0.25, 0.3) is 32.4 Å². The van der Waals surface area contributed by atoms with Crippen LogP contribution >= 0.6 is 22.7 Å². The highest BCUT2D eigenvalue weighted by Gasteiger charge is 2.22. The molecule has 1 aliphatic rings. The van der Waals surface area contributed by atoms with E-state index in [-0.39, 0.29) is 47.2 Å². The number of nitrogens with one attached hydrogen (secondary N) is 2. The Bertz CT molecular complexity index is 2600. The number of nitrogens with zero attached hydrogens (tertiary/aromatic N) is 10. The third kappa shape index (κ3) is 12.1. The lowest BCUT2D eigenvalue weighted by atomic mass is 10.1. The summed E-state index contributed by atoms with van der Waals surface area (Å²) in [6, 6.07) is 14.7. The van der Waals surface area contributed by atoms with Crippen molar-refractivity contribution >= 4 is 82.4 Å². The monoisotopic (exact) mass is 927 g/mol. The van der Waals surface area contributed by atoms with Crippen LogP contribution in [0.1, 0.15) is 12.5 Å². The molecule has 6 aromatic rings. The minimum Gasteiger partial charge on any atom is -0.480 e. The van der Waals surface area contributed by atoms with Crippen molar-refractivity contribution in [1.29, 1.82) is 0 Å². The summed E-state index contributed by atoms with van der Waals surface area (Å²) in [7, 11) is -3.93. The van der Waals surface area contributed by atoms with Gasteiger partial charge in [-0.15, -0.1) is 10.2 Å². The molecule has 1 unspecified atom stereocenters. The lowest BCUT2D eigenvalue weighted by molar-refractivity contribution is -0.138. The summed E-state index contributed by atoms with van der Waals surface area (Å²) >= 11 is -0.216.